The number of aromatic amines is 3. The average Bonchev–Trinajstić information content (AvgIpc) is 3.80. The first kappa shape index (κ1) is 42.8. The van der Waals surface area contributed by atoms with Gasteiger partial charge in [0.15, 0.2) is 0 Å². The molecule has 10 heteroatoms. The van der Waals surface area contributed by atoms with Gasteiger partial charge in [0.2, 0.25) is 0 Å². The van der Waals surface area contributed by atoms with Gasteiger partial charge in [-0.05, 0) is 65.5 Å². The monoisotopic (exact) mass is 776 g/mol. The predicted octanol–water partition coefficient (Wildman–Crippen LogP) is 9.48. The maximum absolute atomic E-state index is 14.1. The number of carbonyl (C=O) groups excluding carboxylic acids is 2. The van der Waals surface area contributed by atoms with Gasteiger partial charge in [-0.1, -0.05) is 140 Å². The van der Waals surface area contributed by atoms with E-state index in [4.69, 9.17) is 9.47 Å². The second-order valence-electron chi connectivity index (χ2n) is 14.7. The minimum absolute atomic E-state index is 0.108. The maximum Gasteiger partial charge on any atom is 0.355 e. The molecule has 0 saturated heterocycles. The standard InChI is InChI=1S/C47H60N4O6/c1-6-11-12-13-14-15-16-23-28-51-29-38(44(52)50-47(51)55)39(40-34(7-2)36(9-4)42(48-40)45(53)56-30-32-24-19-17-20-25-32)41-35(8-3)37(10-5)43(49-41)46(54)57-31-33-26-21-18-22-27-33/h17-22,24-27,29,39,48-49H,6-16,23,28,30-31H2,1-5H3,(H,50,52,55). The summed E-state index contributed by atoms with van der Waals surface area (Å²) in [5.41, 5.74) is 6.42. The lowest BCUT2D eigenvalue weighted by molar-refractivity contribution is 0.0456. The van der Waals surface area contributed by atoms with Crippen LogP contribution in [0.1, 0.15) is 163 Å². The lowest BCUT2D eigenvalue weighted by Gasteiger charge is -2.20. The highest BCUT2D eigenvalue weighted by Crippen LogP contribution is 2.39. The molecular weight excluding hydrogens is 717 g/mol. The zero-order valence-electron chi connectivity index (χ0n) is 34.4. The van der Waals surface area contributed by atoms with Crippen LogP contribution in [0.4, 0.5) is 0 Å². The fourth-order valence-electron chi connectivity index (χ4n) is 7.99. The molecular formula is C47H60N4O6. The molecule has 0 aliphatic carbocycles. The van der Waals surface area contributed by atoms with Crippen molar-refractivity contribution in [1.29, 1.82) is 0 Å². The van der Waals surface area contributed by atoms with E-state index in [0.717, 1.165) is 52.6 Å². The van der Waals surface area contributed by atoms with Crippen molar-refractivity contribution in [2.75, 3.05) is 0 Å². The van der Waals surface area contributed by atoms with Crippen LogP contribution in [0.3, 0.4) is 0 Å². The highest BCUT2D eigenvalue weighted by atomic mass is 16.5. The van der Waals surface area contributed by atoms with E-state index in [1.807, 2.05) is 88.4 Å². The van der Waals surface area contributed by atoms with E-state index in [9.17, 15) is 19.2 Å². The third kappa shape index (κ3) is 10.5. The molecule has 57 heavy (non-hydrogen) atoms. The topological polar surface area (TPSA) is 139 Å². The van der Waals surface area contributed by atoms with Gasteiger partial charge in [0.05, 0.1) is 5.92 Å². The normalized spacial score (nSPS) is 11.3. The first-order chi connectivity index (χ1) is 27.8. The highest BCUT2D eigenvalue weighted by Gasteiger charge is 2.34. The van der Waals surface area contributed by atoms with Gasteiger partial charge >= 0.3 is 17.6 Å². The molecule has 5 rings (SSSR count). The molecule has 0 saturated carbocycles. The second kappa shape index (κ2) is 21.2. The van der Waals surface area contributed by atoms with Crippen LogP contribution < -0.4 is 11.2 Å². The number of aryl methyl sites for hydroxylation is 1. The first-order valence-corrected chi connectivity index (χ1v) is 21.0. The van der Waals surface area contributed by atoms with Crippen LogP contribution in [0.15, 0.2) is 76.4 Å². The summed E-state index contributed by atoms with van der Waals surface area (Å²) in [6.07, 6.45) is 12.8. The number of benzene rings is 2. The van der Waals surface area contributed by atoms with Crippen molar-refractivity contribution in [3.05, 3.63) is 149 Å². The lowest BCUT2D eigenvalue weighted by atomic mass is 9.86. The SMILES string of the molecule is CCCCCCCCCCn1cc(C(c2[nH]c(C(=O)OCc3ccccc3)c(CC)c2CC)c2[nH]c(C(=O)OCc3ccccc3)c(CC)c2CC)c(=O)[nH]c1=O. The molecule has 0 atom stereocenters. The van der Waals surface area contributed by atoms with Gasteiger partial charge in [-0.3, -0.25) is 9.78 Å². The number of carbonyl (C=O) groups is 2. The van der Waals surface area contributed by atoms with Crippen molar-refractivity contribution in [1.82, 2.24) is 19.5 Å². The number of nitrogens with zero attached hydrogens (tertiary/aromatic N) is 1. The zero-order chi connectivity index (χ0) is 40.7. The highest BCUT2D eigenvalue weighted by molar-refractivity contribution is 5.91. The van der Waals surface area contributed by atoms with Crippen molar-refractivity contribution in [2.45, 2.75) is 137 Å². The predicted molar refractivity (Wildman–Crippen MR) is 225 cm³/mol. The Hall–Kier alpha value is -5.38. The van der Waals surface area contributed by atoms with Gasteiger partial charge in [-0.15, -0.1) is 0 Å². The number of ether oxygens (including phenoxy) is 2. The van der Waals surface area contributed by atoms with Gasteiger partial charge in [-0.2, -0.15) is 0 Å². The van der Waals surface area contributed by atoms with Gasteiger partial charge in [0, 0.05) is 29.7 Å². The summed E-state index contributed by atoms with van der Waals surface area (Å²) in [5, 5.41) is 0. The first-order valence-electron chi connectivity index (χ1n) is 21.0. The van der Waals surface area contributed by atoms with E-state index in [2.05, 4.69) is 21.9 Å². The minimum atomic E-state index is -0.786. The third-order valence-corrected chi connectivity index (χ3v) is 10.9. The van der Waals surface area contributed by atoms with Crippen molar-refractivity contribution in [3.8, 4) is 0 Å². The molecule has 3 aromatic heterocycles. The van der Waals surface area contributed by atoms with Crippen LogP contribution in [-0.2, 0) is 54.9 Å². The van der Waals surface area contributed by atoms with Crippen molar-refractivity contribution < 1.29 is 19.1 Å². The third-order valence-electron chi connectivity index (χ3n) is 10.9. The van der Waals surface area contributed by atoms with Crippen LogP contribution in [0.25, 0.3) is 0 Å². The second-order valence-corrected chi connectivity index (χ2v) is 14.7. The number of rotatable bonds is 22. The summed E-state index contributed by atoms with van der Waals surface area (Å²) in [5.74, 6) is -1.78. The summed E-state index contributed by atoms with van der Waals surface area (Å²) in [4.78, 5) is 64.6. The van der Waals surface area contributed by atoms with Crippen LogP contribution in [0, 0.1) is 0 Å². The van der Waals surface area contributed by atoms with Crippen molar-refractivity contribution >= 4 is 11.9 Å². The molecule has 304 valence electrons. The molecule has 5 aromatic rings. The van der Waals surface area contributed by atoms with Crippen molar-refractivity contribution in [2.24, 2.45) is 0 Å². The van der Waals surface area contributed by atoms with Crippen LogP contribution in [-0.4, -0.2) is 31.5 Å². The van der Waals surface area contributed by atoms with Crippen LogP contribution in [0.5, 0.6) is 0 Å². The summed E-state index contributed by atoms with van der Waals surface area (Å²) >= 11 is 0. The zero-order valence-corrected chi connectivity index (χ0v) is 34.4. The van der Waals surface area contributed by atoms with E-state index in [0.29, 0.717) is 60.6 Å². The summed E-state index contributed by atoms with van der Waals surface area (Å²) in [6.45, 7) is 10.9. The molecule has 2 aromatic carbocycles. The van der Waals surface area contributed by atoms with E-state index in [1.165, 1.54) is 32.1 Å². The smallest absolute Gasteiger partial charge is 0.355 e. The Kier molecular flexibility index (Phi) is 15.9. The van der Waals surface area contributed by atoms with E-state index < -0.39 is 29.1 Å². The number of hydrogen-bond donors (Lipinski definition) is 3. The molecule has 0 bridgehead atoms. The number of esters is 2. The number of unbranched alkanes of at least 4 members (excludes halogenated alkanes) is 7. The largest absolute Gasteiger partial charge is 0.456 e. The van der Waals surface area contributed by atoms with Gasteiger partial charge < -0.3 is 24.0 Å². The molecule has 0 radical (unpaired) electrons. The minimum Gasteiger partial charge on any atom is -0.456 e. The summed E-state index contributed by atoms with van der Waals surface area (Å²) < 4.78 is 13.3. The Morgan fingerprint density at radius 2 is 1.02 bits per heavy atom. The Bertz CT molecular complexity index is 2070. The average molecular weight is 777 g/mol. The fraction of sp³-hybridized carbons (Fsp3) is 0.447. The summed E-state index contributed by atoms with van der Waals surface area (Å²) in [7, 11) is 0. The number of H-pyrrole nitrogens is 3. The quantitative estimate of drug-likeness (QED) is 0.0473. The van der Waals surface area contributed by atoms with Crippen LogP contribution in [0.2, 0.25) is 0 Å². The van der Waals surface area contributed by atoms with Gasteiger partial charge in [0.1, 0.15) is 24.6 Å². The Balaban J connectivity index is 1.61. The molecule has 0 amide bonds. The van der Waals surface area contributed by atoms with E-state index in [-0.39, 0.29) is 13.2 Å². The van der Waals surface area contributed by atoms with E-state index in [1.54, 1.807) is 10.8 Å². The van der Waals surface area contributed by atoms with Gasteiger partial charge in [0.25, 0.3) is 5.56 Å². The molecule has 3 N–H and O–H groups in total. The molecule has 0 aliphatic heterocycles. The Morgan fingerprint density at radius 3 is 1.46 bits per heavy atom. The van der Waals surface area contributed by atoms with Crippen molar-refractivity contribution in [3.63, 3.8) is 0 Å². The number of aromatic nitrogens is 4. The molecule has 0 aliphatic rings. The Morgan fingerprint density at radius 1 is 0.579 bits per heavy atom. The lowest BCUT2D eigenvalue weighted by Crippen LogP contribution is -2.33. The maximum atomic E-state index is 14.1. The molecule has 0 spiro atoms. The summed E-state index contributed by atoms with van der Waals surface area (Å²) in [6, 6.07) is 19.0. The van der Waals surface area contributed by atoms with Crippen LogP contribution >= 0.6 is 0 Å². The molecule has 3 heterocycles. The Labute approximate surface area is 336 Å². The van der Waals surface area contributed by atoms with E-state index >= 15 is 0 Å². The molecule has 0 unspecified atom stereocenters. The number of nitrogens with one attached hydrogen (secondary N) is 3. The molecule has 0 fully saturated rings. The number of hydrogen-bond acceptors (Lipinski definition) is 6. The molecule has 10 nitrogen and oxygen atoms in total. The fourth-order valence-corrected chi connectivity index (χ4v) is 7.99. The van der Waals surface area contributed by atoms with Gasteiger partial charge in [-0.25, -0.2) is 14.4 Å².